The van der Waals surface area contributed by atoms with Crippen molar-refractivity contribution in [3.05, 3.63) is 23.9 Å². The first kappa shape index (κ1) is 15.3. The Morgan fingerprint density at radius 2 is 2.35 bits per heavy atom. The number of ether oxygens (including phenoxy) is 1. The lowest BCUT2D eigenvalue weighted by Crippen LogP contribution is -2.45. The molecule has 4 heteroatoms. The second-order valence-corrected chi connectivity index (χ2v) is 5.45. The largest absolute Gasteiger partial charge is 0.377 e. The molecule has 1 aliphatic rings. The van der Waals surface area contributed by atoms with Crippen LogP contribution in [-0.2, 0) is 4.74 Å². The summed E-state index contributed by atoms with van der Waals surface area (Å²) in [6.07, 6.45) is 4.18. The summed E-state index contributed by atoms with van der Waals surface area (Å²) < 4.78 is 5.57. The van der Waals surface area contributed by atoms with Gasteiger partial charge >= 0.3 is 0 Å². The number of hydrogen-bond acceptors (Lipinski definition) is 4. The monoisotopic (exact) mass is 277 g/mol. The third-order valence-corrected chi connectivity index (χ3v) is 3.96. The predicted octanol–water partition coefficient (Wildman–Crippen LogP) is 2.76. The molecule has 1 N–H and O–H groups in total. The Hall–Kier alpha value is -1.13. The molecule has 1 saturated heterocycles. The topological polar surface area (TPSA) is 37.4 Å². The van der Waals surface area contributed by atoms with Crippen molar-refractivity contribution in [3.63, 3.8) is 0 Å². The van der Waals surface area contributed by atoms with Gasteiger partial charge in [-0.3, -0.25) is 0 Å². The minimum absolute atomic E-state index is 0.373. The van der Waals surface area contributed by atoms with E-state index in [1.54, 1.807) is 0 Å². The molecule has 0 aliphatic carbocycles. The van der Waals surface area contributed by atoms with Crippen LogP contribution in [-0.4, -0.2) is 37.3 Å². The molecule has 2 atom stereocenters. The fourth-order valence-corrected chi connectivity index (χ4v) is 2.63. The van der Waals surface area contributed by atoms with Gasteiger partial charge in [0.1, 0.15) is 5.82 Å². The summed E-state index contributed by atoms with van der Waals surface area (Å²) in [7, 11) is 0. The second-order valence-electron chi connectivity index (χ2n) is 5.45. The summed E-state index contributed by atoms with van der Waals surface area (Å²) in [4.78, 5) is 6.95. The summed E-state index contributed by atoms with van der Waals surface area (Å²) in [6.45, 7) is 10.2. The van der Waals surface area contributed by atoms with Gasteiger partial charge in [0, 0.05) is 18.8 Å². The maximum Gasteiger partial charge on any atom is 0.129 e. The van der Waals surface area contributed by atoms with Gasteiger partial charge < -0.3 is 15.0 Å². The van der Waals surface area contributed by atoms with Gasteiger partial charge in [-0.25, -0.2) is 4.98 Å². The zero-order valence-corrected chi connectivity index (χ0v) is 12.9. The number of hydrogen-bond donors (Lipinski definition) is 1. The third-order valence-electron chi connectivity index (χ3n) is 3.96. The lowest BCUT2D eigenvalue weighted by atomic mass is 10.1. The summed E-state index contributed by atoms with van der Waals surface area (Å²) in [6, 6.07) is 5.16. The molecule has 20 heavy (non-hydrogen) atoms. The Balaban J connectivity index is 2.11. The molecule has 2 rings (SSSR count). The van der Waals surface area contributed by atoms with Crippen LogP contribution in [0, 0.1) is 0 Å². The van der Waals surface area contributed by atoms with Gasteiger partial charge in [0.05, 0.1) is 19.3 Å². The van der Waals surface area contributed by atoms with E-state index in [-0.39, 0.29) is 0 Å². The highest BCUT2D eigenvalue weighted by atomic mass is 16.5. The highest BCUT2D eigenvalue weighted by Crippen LogP contribution is 2.22. The van der Waals surface area contributed by atoms with E-state index in [1.807, 2.05) is 6.20 Å². The van der Waals surface area contributed by atoms with Gasteiger partial charge in [0.15, 0.2) is 0 Å². The normalized spacial score (nSPS) is 20.9. The molecule has 0 amide bonds. The van der Waals surface area contributed by atoms with Crippen molar-refractivity contribution in [3.8, 4) is 0 Å². The number of aromatic nitrogens is 1. The van der Waals surface area contributed by atoms with E-state index in [0.717, 1.165) is 45.0 Å². The van der Waals surface area contributed by atoms with E-state index >= 15 is 0 Å². The minimum Gasteiger partial charge on any atom is -0.377 e. The average molecular weight is 277 g/mol. The van der Waals surface area contributed by atoms with Crippen molar-refractivity contribution in [2.24, 2.45) is 0 Å². The van der Waals surface area contributed by atoms with Gasteiger partial charge in [0.2, 0.25) is 0 Å². The second kappa shape index (κ2) is 7.60. The zero-order chi connectivity index (χ0) is 14.4. The van der Waals surface area contributed by atoms with Gasteiger partial charge in [-0.05, 0) is 44.0 Å². The molecule has 0 spiro atoms. The van der Waals surface area contributed by atoms with Crippen LogP contribution in [0.5, 0.6) is 0 Å². The number of anilines is 1. The number of pyridine rings is 1. The first-order valence-electron chi connectivity index (χ1n) is 7.80. The molecule has 0 bridgehead atoms. The van der Waals surface area contributed by atoms with E-state index in [0.29, 0.717) is 12.1 Å². The summed E-state index contributed by atoms with van der Waals surface area (Å²) >= 11 is 0. The predicted molar refractivity (Wildman–Crippen MR) is 83.2 cm³/mol. The minimum atomic E-state index is 0.373. The number of nitrogens with one attached hydrogen (secondary N) is 1. The Labute approximate surface area is 122 Å². The van der Waals surface area contributed by atoms with E-state index < -0.39 is 0 Å². The van der Waals surface area contributed by atoms with Crippen LogP contribution in [0.3, 0.4) is 0 Å². The van der Waals surface area contributed by atoms with Crippen molar-refractivity contribution in [1.29, 1.82) is 0 Å². The van der Waals surface area contributed by atoms with E-state index in [9.17, 15) is 0 Å². The quantitative estimate of drug-likeness (QED) is 0.867. The lowest BCUT2D eigenvalue weighted by Gasteiger charge is -2.36. The van der Waals surface area contributed by atoms with Crippen LogP contribution in [0.4, 0.5) is 5.82 Å². The molecular formula is C16H27N3O. The standard InChI is InChI=1S/C16H27N3O/c1-4-7-17-13(3)14-6-8-18-16(11-14)19-9-10-20-12-15(19)5-2/h6,8,11,13,15,17H,4-5,7,9-10,12H2,1-3H3. The van der Waals surface area contributed by atoms with Crippen molar-refractivity contribution in [1.82, 2.24) is 10.3 Å². The van der Waals surface area contributed by atoms with Crippen LogP contribution in [0.15, 0.2) is 18.3 Å². The maximum absolute atomic E-state index is 5.57. The molecule has 0 aromatic carbocycles. The van der Waals surface area contributed by atoms with Crippen molar-refractivity contribution < 1.29 is 4.74 Å². The van der Waals surface area contributed by atoms with Crippen molar-refractivity contribution >= 4 is 5.82 Å². The molecule has 2 unspecified atom stereocenters. The van der Waals surface area contributed by atoms with Crippen LogP contribution in [0.2, 0.25) is 0 Å². The van der Waals surface area contributed by atoms with E-state index in [2.05, 4.69) is 48.1 Å². The zero-order valence-electron chi connectivity index (χ0n) is 12.9. The summed E-state index contributed by atoms with van der Waals surface area (Å²) in [5, 5.41) is 3.53. The first-order valence-corrected chi connectivity index (χ1v) is 7.80. The summed E-state index contributed by atoms with van der Waals surface area (Å²) in [5.74, 6) is 1.09. The summed E-state index contributed by atoms with van der Waals surface area (Å²) in [5.41, 5.74) is 1.31. The average Bonchev–Trinajstić information content (AvgIpc) is 2.52. The van der Waals surface area contributed by atoms with Crippen LogP contribution in [0.1, 0.15) is 45.2 Å². The number of rotatable bonds is 6. The molecule has 0 saturated carbocycles. The van der Waals surface area contributed by atoms with Crippen molar-refractivity contribution in [2.45, 2.75) is 45.7 Å². The van der Waals surface area contributed by atoms with Crippen LogP contribution < -0.4 is 10.2 Å². The number of morpholine rings is 1. The number of nitrogens with zero attached hydrogens (tertiary/aromatic N) is 2. The van der Waals surface area contributed by atoms with Gasteiger partial charge in [-0.2, -0.15) is 0 Å². The van der Waals surface area contributed by atoms with Gasteiger partial charge in [-0.15, -0.1) is 0 Å². The Kier molecular flexibility index (Phi) is 5.80. The highest BCUT2D eigenvalue weighted by molar-refractivity contribution is 5.43. The molecule has 4 nitrogen and oxygen atoms in total. The third kappa shape index (κ3) is 3.70. The van der Waals surface area contributed by atoms with Crippen molar-refractivity contribution in [2.75, 3.05) is 31.2 Å². The fraction of sp³-hybridized carbons (Fsp3) is 0.688. The SMILES string of the molecule is CCCNC(C)c1ccnc(N2CCOCC2CC)c1. The maximum atomic E-state index is 5.57. The highest BCUT2D eigenvalue weighted by Gasteiger charge is 2.23. The van der Waals surface area contributed by atoms with Crippen LogP contribution >= 0.6 is 0 Å². The molecular weight excluding hydrogens is 250 g/mol. The molecule has 1 aromatic heterocycles. The molecule has 1 fully saturated rings. The van der Waals surface area contributed by atoms with Crippen LogP contribution in [0.25, 0.3) is 0 Å². The molecule has 1 aromatic rings. The van der Waals surface area contributed by atoms with Gasteiger partial charge in [0.25, 0.3) is 0 Å². The molecule has 2 heterocycles. The molecule has 1 aliphatic heterocycles. The first-order chi connectivity index (χ1) is 9.76. The molecule has 0 radical (unpaired) electrons. The van der Waals surface area contributed by atoms with E-state index in [1.165, 1.54) is 5.56 Å². The fourth-order valence-electron chi connectivity index (χ4n) is 2.63. The Bertz CT molecular complexity index is 410. The Morgan fingerprint density at radius 1 is 1.50 bits per heavy atom. The Morgan fingerprint density at radius 3 is 3.10 bits per heavy atom. The molecule has 112 valence electrons. The lowest BCUT2D eigenvalue weighted by molar-refractivity contribution is 0.0925. The van der Waals surface area contributed by atoms with Gasteiger partial charge in [-0.1, -0.05) is 13.8 Å². The van der Waals surface area contributed by atoms with E-state index in [4.69, 9.17) is 4.74 Å². The smallest absolute Gasteiger partial charge is 0.129 e.